The second kappa shape index (κ2) is 10.4. The van der Waals surface area contributed by atoms with Gasteiger partial charge in [0.05, 0.1) is 6.26 Å². The number of aliphatic hydroxyl groups excluding tert-OH is 1. The molecule has 0 unspecified atom stereocenters. The molecule has 4 rings (SSSR count). The lowest BCUT2D eigenvalue weighted by Gasteiger charge is -2.16. The molecule has 8 nitrogen and oxygen atoms in total. The van der Waals surface area contributed by atoms with Crippen molar-refractivity contribution in [3.05, 3.63) is 57.5 Å². The number of rotatable bonds is 4. The fourth-order valence-corrected chi connectivity index (χ4v) is 4.50. The highest BCUT2D eigenvalue weighted by atomic mass is 79.9. The molecule has 2 aromatic rings. The summed E-state index contributed by atoms with van der Waals surface area (Å²) in [6, 6.07) is 14.7. The zero-order valence-corrected chi connectivity index (χ0v) is 21.1. The second-order valence-electron chi connectivity index (χ2n) is 7.31. The molecule has 2 heterocycles. The predicted molar refractivity (Wildman–Crippen MR) is 128 cm³/mol. The molecule has 1 N–H and O–H groups in total. The first-order chi connectivity index (χ1) is 15.0. The van der Waals surface area contributed by atoms with Crippen LogP contribution in [0.15, 0.2) is 57.5 Å². The molecule has 0 aliphatic carbocycles. The fraction of sp³-hybridized carbons (Fsp3) is 0.333. The van der Waals surface area contributed by atoms with Gasteiger partial charge in [-0.05, 0) is 48.5 Å². The summed E-state index contributed by atoms with van der Waals surface area (Å²) in [6.07, 6.45) is 0.127. The highest BCUT2D eigenvalue weighted by molar-refractivity contribution is 9.10. The van der Waals surface area contributed by atoms with Gasteiger partial charge in [-0.3, -0.25) is 13.8 Å². The van der Waals surface area contributed by atoms with Gasteiger partial charge in [0.1, 0.15) is 6.10 Å². The first-order valence-electron chi connectivity index (χ1n) is 9.75. The maximum Gasteiger partial charge on any atom is 0.265 e. The first kappa shape index (κ1) is 24.8. The Kier molecular flexibility index (Phi) is 8.10. The van der Waals surface area contributed by atoms with Gasteiger partial charge in [-0.25, -0.2) is 0 Å². The lowest BCUT2D eigenvalue weighted by atomic mass is 10.3. The molecular formula is C21H22Br2N2O6S. The van der Waals surface area contributed by atoms with Crippen LogP contribution in [0, 0.1) is 0 Å². The Morgan fingerprint density at radius 2 is 1.28 bits per heavy atom. The summed E-state index contributed by atoms with van der Waals surface area (Å²) in [4.78, 5) is 26.6. The summed E-state index contributed by atoms with van der Waals surface area (Å²) in [7, 11) is -3.61. The molecule has 11 heteroatoms. The Hall–Kier alpha value is -1.79. The average molecular weight is 590 g/mol. The summed E-state index contributed by atoms with van der Waals surface area (Å²) in [5, 5.41) is 9.28. The maximum atomic E-state index is 12.0. The molecule has 2 atom stereocenters. The second-order valence-corrected chi connectivity index (χ2v) is 10.7. The third-order valence-electron chi connectivity index (χ3n) is 4.90. The topological polar surface area (TPSA) is 104 Å². The van der Waals surface area contributed by atoms with Gasteiger partial charge in [0.25, 0.3) is 21.9 Å². The van der Waals surface area contributed by atoms with Crippen molar-refractivity contribution in [2.45, 2.75) is 25.0 Å². The standard InChI is InChI=1S/C11H12BrNO4S.C10H10BrNO2/c1-18(15,16)17-10-6-7-13(11(10)14)9-4-2-8(12)3-5-9;11-7-1-3-8(4-2-7)12-6-5-9(13)10(12)14/h2-5,10H,6-7H2,1H3;1-4,9,13H,5-6H2/t10-;9-/m00/s1. The fourth-order valence-electron chi connectivity index (χ4n) is 3.37. The Labute approximate surface area is 203 Å². The maximum absolute atomic E-state index is 12.0. The van der Waals surface area contributed by atoms with Crippen LogP contribution in [-0.2, 0) is 23.9 Å². The third kappa shape index (κ3) is 6.38. The summed E-state index contributed by atoms with van der Waals surface area (Å²) in [6.45, 7) is 1.06. The van der Waals surface area contributed by atoms with Crippen molar-refractivity contribution in [1.29, 1.82) is 0 Å². The van der Waals surface area contributed by atoms with Crippen LogP contribution >= 0.6 is 31.9 Å². The van der Waals surface area contributed by atoms with Gasteiger partial charge < -0.3 is 14.9 Å². The number of benzene rings is 2. The zero-order chi connectivity index (χ0) is 23.5. The molecule has 172 valence electrons. The molecule has 2 saturated heterocycles. The van der Waals surface area contributed by atoms with E-state index in [1.165, 1.54) is 4.90 Å². The number of carbonyl (C=O) groups is 2. The molecule has 2 aliphatic heterocycles. The number of anilines is 2. The van der Waals surface area contributed by atoms with Crippen molar-refractivity contribution >= 4 is 65.2 Å². The van der Waals surface area contributed by atoms with Crippen LogP contribution in [0.2, 0.25) is 0 Å². The first-order valence-corrected chi connectivity index (χ1v) is 13.2. The Morgan fingerprint density at radius 1 is 0.844 bits per heavy atom. The Balaban J connectivity index is 0.000000186. The van der Waals surface area contributed by atoms with E-state index in [4.69, 9.17) is 4.18 Å². The molecule has 0 aromatic heterocycles. The van der Waals surface area contributed by atoms with Gasteiger partial charge in [-0.15, -0.1) is 0 Å². The van der Waals surface area contributed by atoms with Gasteiger partial charge >= 0.3 is 0 Å². The normalized spacial score (nSPS) is 21.0. The van der Waals surface area contributed by atoms with Gasteiger partial charge in [0.15, 0.2) is 6.10 Å². The van der Waals surface area contributed by atoms with E-state index in [1.807, 2.05) is 36.4 Å². The minimum atomic E-state index is -3.61. The molecule has 2 amide bonds. The quantitative estimate of drug-likeness (QED) is 0.550. The molecule has 2 aliphatic rings. The molecule has 0 saturated carbocycles. The number of nitrogens with zero attached hydrogens (tertiary/aromatic N) is 2. The van der Waals surface area contributed by atoms with Gasteiger partial charge in [-0.2, -0.15) is 8.42 Å². The monoisotopic (exact) mass is 588 g/mol. The molecule has 0 radical (unpaired) electrons. The molecule has 0 spiro atoms. The van der Waals surface area contributed by atoms with E-state index >= 15 is 0 Å². The summed E-state index contributed by atoms with van der Waals surface area (Å²) in [5.74, 6) is -0.518. The third-order valence-corrected chi connectivity index (χ3v) is 6.54. The van der Waals surface area contributed by atoms with Gasteiger partial charge in [0.2, 0.25) is 0 Å². The van der Waals surface area contributed by atoms with Crippen LogP contribution in [0.25, 0.3) is 0 Å². The van der Waals surface area contributed by atoms with Crippen LogP contribution in [-0.4, -0.2) is 56.9 Å². The minimum Gasteiger partial charge on any atom is -0.383 e. The summed E-state index contributed by atoms with van der Waals surface area (Å²) in [5.41, 5.74) is 1.58. The SMILES string of the molecule is CS(=O)(=O)O[C@H]1CCN(c2ccc(Br)cc2)C1=O.O=C1[C@@H](O)CCN1c1ccc(Br)cc1. The van der Waals surface area contributed by atoms with E-state index in [-0.39, 0.29) is 11.8 Å². The molecule has 0 bridgehead atoms. The smallest absolute Gasteiger partial charge is 0.265 e. The highest BCUT2D eigenvalue weighted by Crippen LogP contribution is 2.25. The highest BCUT2D eigenvalue weighted by Gasteiger charge is 2.35. The van der Waals surface area contributed by atoms with Crippen molar-refractivity contribution in [1.82, 2.24) is 0 Å². The van der Waals surface area contributed by atoms with Crippen LogP contribution in [0.1, 0.15) is 12.8 Å². The van der Waals surface area contributed by atoms with Crippen LogP contribution < -0.4 is 9.80 Å². The number of amides is 2. The number of halogens is 2. The van der Waals surface area contributed by atoms with E-state index < -0.39 is 22.3 Å². The van der Waals surface area contributed by atoms with Crippen molar-refractivity contribution in [2.24, 2.45) is 0 Å². The number of carbonyl (C=O) groups excluding carboxylic acids is 2. The van der Waals surface area contributed by atoms with E-state index in [1.54, 1.807) is 17.0 Å². The number of hydrogen-bond acceptors (Lipinski definition) is 6. The van der Waals surface area contributed by atoms with E-state index in [9.17, 15) is 23.1 Å². The number of hydrogen-bond donors (Lipinski definition) is 1. The van der Waals surface area contributed by atoms with Crippen molar-refractivity contribution in [3.63, 3.8) is 0 Å². The van der Waals surface area contributed by atoms with Crippen molar-refractivity contribution < 1.29 is 27.3 Å². The summed E-state index contributed by atoms with van der Waals surface area (Å²) >= 11 is 6.64. The van der Waals surface area contributed by atoms with Gasteiger partial charge in [-0.1, -0.05) is 31.9 Å². The number of aliphatic hydroxyl groups is 1. The van der Waals surface area contributed by atoms with Gasteiger partial charge in [0, 0.05) is 46.3 Å². The van der Waals surface area contributed by atoms with E-state index in [0.717, 1.165) is 26.6 Å². The van der Waals surface area contributed by atoms with Crippen LogP contribution in [0.3, 0.4) is 0 Å². The lowest BCUT2D eigenvalue weighted by Crippen LogP contribution is -2.31. The average Bonchev–Trinajstić information content (AvgIpc) is 3.25. The zero-order valence-electron chi connectivity index (χ0n) is 17.1. The van der Waals surface area contributed by atoms with Crippen LogP contribution in [0.4, 0.5) is 11.4 Å². The lowest BCUT2D eigenvalue weighted by molar-refractivity contribution is -0.124. The Bertz CT molecular complexity index is 1080. The predicted octanol–water partition coefficient (Wildman–Crippen LogP) is 3.08. The Morgan fingerprint density at radius 3 is 1.69 bits per heavy atom. The van der Waals surface area contributed by atoms with E-state index in [0.29, 0.717) is 25.9 Å². The van der Waals surface area contributed by atoms with E-state index in [2.05, 4.69) is 31.9 Å². The van der Waals surface area contributed by atoms with Crippen LogP contribution in [0.5, 0.6) is 0 Å². The summed E-state index contributed by atoms with van der Waals surface area (Å²) < 4.78 is 28.7. The van der Waals surface area contributed by atoms with Crippen molar-refractivity contribution in [2.75, 3.05) is 29.1 Å². The molecule has 2 fully saturated rings. The molecule has 32 heavy (non-hydrogen) atoms. The molecule has 2 aromatic carbocycles. The molecular weight excluding hydrogens is 568 g/mol. The minimum absolute atomic E-state index is 0.202. The largest absolute Gasteiger partial charge is 0.383 e. The van der Waals surface area contributed by atoms with Crippen molar-refractivity contribution in [3.8, 4) is 0 Å².